The van der Waals surface area contributed by atoms with Gasteiger partial charge in [-0.2, -0.15) is 0 Å². The van der Waals surface area contributed by atoms with Gasteiger partial charge < -0.3 is 19.3 Å². The number of hydrogen-bond acceptors (Lipinski definition) is 4. The quantitative estimate of drug-likeness (QED) is 0.189. The maximum absolute atomic E-state index is 8.94. The maximum atomic E-state index is 8.94. The third-order valence-electron chi connectivity index (χ3n) is 5.39. The molecule has 4 heteroatoms. The van der Waals surface area contributed by atoms with Gasteiger partial charge in [0, 0.05) is 6.61 Å². The Morgan fingerprint density at radius 1 is 0.517 bits per heavy atom. The number of ether oxygens (including phenoxy) is 3. The first-order valence-electron chi connectivity index (χ1n) is 12.6. The number of rotatable bonds is 23. The minimum atomic E-state index is -0.130. The molecule has 1 N–H and O–H groups in total. The molecule has 3 atom stereocenters. The molecule has 0 rings (SSSR count). The van der Waals surface area contributed by atoms with Crippen molar-refractivity contribution in [3.05, 3.63) is 0 Å². The van der Waals surface area contributed by atoms with E-state index in [2.05, 4.69) is 13.8 Å². The predicted molar refractivity (Wildman–Crippen MR) is 124 cm³/mol. The first-order valence-corrected chi connectivity index (χ1v) is 12.6. The third-order valence-corrected chi connectivity index (χ3v) is 5.39. The van der Waals surface area contributed by atoms with Crippen molar-refractivity contribution in [3.8, 4) is 0 Å². The molecule has 0 aromatic heterocycles. The highest BCUT2D eigenvalue weighted by atomic mass is 16.6. The highest BCUT2D eigenvalue weighted by molar-refractivity contribution is 4.55. The molecular weight excluding hydrogens is 364 g/mol. The van der Waals surface area contributed by atoms with E-state index in [4.69, 9.17) is 19.3 Å². The van der Waals surface area contributed by atoms with Crippen LogP contribution in [-0.4, -0.2) is 49.8 Å². The van der Waals surface area contributed by atoms with Gasteiger partial charge in [0.2, 0.25) is 0 Å². The van der Waals surface area contributed by atoms with Gasteiger partial charge in [-0.3, -0.25) is 0 Å². The van der Waals surface area contributed by atoms with E-state index in [1.54, 1.807) is 0 Å². The van der Waals surface area contributed by atoms with Gasteiger partial charge in [0.15, 0.2) is 0 Å². The van der Waals surface area contributed by atoms with E-state index in [9.17, 15) is 0 Å². The molecule has 0 saturated heterocycles. The molecule has 176 valence electrons. The van der Waals surface area contributed by atoms with Crippen LogP contribution < -0.4 is 0 Å². The first kappa shape index (κ1) is 28.8. The summed E-state index contributed by atoms with van der Waals surface area (Å²) in [6.07, 6.45) is 19.3. The fraction of sp³-hybridized carbons (Fsp3) is 1.00. The SMILES string of the molecule is CCCCCCCCCCCCCCCCOC(C)COC(C)COC(C)CO. The second-order valence-electron chi connectivity index (χ2n) is 8.75. The van der Waals surface area contributed by atoms with Crippen LogP contribution >= 0.6 is 0 Å². The van der Waals surface area contributed by atoms with E-state index in [0.717, 1.165) is 13.0 Å². The monoisotopic (exact) mass is 416 g/mol. The molecule has 0 aliphatic rings. The molecule has 0 amide bonds. The molecule has 0 radical (unpaired) electrons. The standard InChI is InChI=1S/C25H52O4/c1-5-6-7-8-9-10-11-12-13-14-15-16-17-18-19-27-24(3)21-29-25(4)22-28-23(2)20-26/h23-26H,5-22H2,1-4H3. The Morgan fingerprint density at radius 3 is 1.34 bits per heavy atom. The van der Waals surface area contributed by atoms with Gasteiger partial charge in [-0.05, 0) is 27.2 Å². The van der Waals surface area contributed by atoms with Gasteiger partial charge in [0.25, 0.3) is 0 Å². The van der Waals surface area contributed by atoms with Crippen LogP contribution in [0.4, 0.5) is 0 Å². The van der Waals surface area contributed by atoms with Crippen LogP contribution in [0.25, 0.3) is 0 Å². The van der Waals surface area contributed by atoms with Crippen LogP contribution in [0.2, 0.25) is 0 Å². The Bertz CT molecular complexity index is 311. The highest BCUT2D eigenvalue weighted by Crippen LogP contribution is 2.13. The molecule has 0 bridgehead atoms. The lowest BCUT2D eigenvalue weighted by molar-refractivity contribution is -0.0746. The predicted octanol–water partition coefficient (Wildman–Crippen LogP) is 6.68. The minimum Gasteiger partial charge on any atom is -0.394 e. The molecule has 0 fully saturated rings. The third kappa shape index (κ3) is 22.3. The van der Waals surface area contributed by atoms with E-state index in [1.807, 2.05) is 13.8 Å². The lowest BCUT2D eigenvalue weighted by Gasteiger charge is -2.19. The Kier molecular flexibility index (Phi) is 22.4. The molecule has 0 aromatic rings. The van der Waals surface area contributed by atoms with E-state index in [-0.39, 0.29) is 24.9 Å². The van der Waals surface area contributed by atoms with Gasteiger partial charge in [0.05, 0.1) is 38.1 Å². The second kappa shape index (κ2) is 22.5. The number of aliphatic hydroxyl groups is 1. The van der Waals surface area contributed by atoms with Crippen molar-refractivity contribution in [1.82, 2.24) is 0 Å². The molecule has 0 aliphatic heterocycles. The molecule has 3 unspecified atom stereocenters. The lowest BCUT2D eigenvalue weighted by atomic mass is 10.0. The normalized spacial score (nSPS) is 14.8. The summed E-state index contributed by atoms with van der Waals surface area (Å²) in [5.74, 6) is 0. The summed E-state index contributed by atoms with van der Waals surface area (Å²) < 4.78 is 17.0. The maximum Gasteiger partial charge on any atom is 0.0781 e. The van der Waals surface area contributed by atoms with Crippen molar-refractivity contribution in [2.24, 2.45) is 0 Å². The highest BCUT2D eigenvalue weighted by Gasteiger charge is 2.09. The van der Waals surface area contributed by atoms with Crippen LogP contribution in [0.1, 0.15) is 118 Å². The average Bonchev–Trinajstić information content (AvgIpc) is 2.73. The fourth-order valence-corrected chi connectivity index (χ4v) is 3.33. The van der Waals surface area contributed by atoms with Gasteiger partial charge in [0.1, 0.15) is 0 Å². The molecule has 0 heterocycles. The summed E-state index contributed by atoms with van der Waals surface area (Å²) in [7, 11) is 0. The topological polar surface area (TPSA) is 47.9 Å². The molecule has 29 heavy (non-hydrogen) atoms. The first-order chi connectivity index (χ1) is 14.1. The summed E-state index contributed by atoms with van der Waals surface area (Å²) in [5.41, 5.74) is 0. The molecule has 0 aromatic carbocycles. The van der Waals surface area contributed by atoms with E-state index < -0.39 is 0 Å². The van der Waals surface area contributed by atoms with Crippen molar-refractivity contribution in [2.75, 3.05) is 26.4 Å². The smallest absolute Gasteiger partial charge is 0.0781 e. The van der Waals surface area contributed by atoms with Crippen LogP contribution in [0, 0.1) is 0 Å². The van der Waals surface area contributed by atoms with Crippen LogP contribution in [0.5, 0.6) is 0 Å². The van der Waals surface area contributed by atoms with E-state index in [0.29, 0.717) is 13.2 Å². The molecule has 0 spiro atoms. The zero-order valence-electron chi connectivity index (χ0n) is 20.1. The van der Waals surface area contributed by atoms with Gasteiger partial charge in [-0.15, -0.1) is 0 Å². The number of unbranched alkanes of at least 4 members (excludes halogenated alkanes) is 13. The van der Waals surface area contributed by atoms with Crippen molar-refractivity contribution in [1.29, 1.82) is 0 Å². The Hall–Kier alpha value is -0.160. The average molecular weight is 417 g/mol. The van der Waals surface area contributed by atoms with Crippen molar-refractivity contribution in [2.45, 2.75) is 136 Å². The zero-order valence-corrected chi connectivity index (χ0v) is 20.1. The number of hydrogen-bond donors (Lipinski definition) is 1. The fourth-order valence-electron chi connectivity index (χ4n) is 3.33. The van der Waals surface area contributed by atoms with E-state index in [1.165, 1.54) is 83.5 Å². The lowest BCUT2D eigenvalue weighted by Crippen LogP contribution is -2.26. The Labute approximate surface area is 182 Å². The summed E-state index contributed by atoms with van der Waals surface area (Å²) in [4.78, 5) is 0. The summed E-state index contributed by atoms with van der Waals surface area (Å²) in [6, 6.07) is 0. The number of aliphatic hydroxyl groups excluding tert-OH is 1. The minimum absolute atomic E-state index is 0.0242. The molecular formula is C25H52O4. The Balaban J connectivity index is 3.25. The summed E-state index contributed by atoms with van der Waals surface area (Å²) in [5, 5.41) is 8.94. The second-order valence-corrected chi connectivity index (χ2v) is 8.75. The largest absolute Gasteiger partial charge is 0.394 e. The van der Waals surface area contributed by atoms with Crippen LogP contribution in [0.3, 0.4) is 0 Å². The Morgan fingerprint density at radius 2 is 0.897 bits per heavy atom. The summed E-state index contributed by atoms with van der Waals surface area (Å²) >= 11 is 0. The van der Waals surface area contributed by atoms with Gasteiger partial charge in [-0.1, -0.05) is 90.4 Å². The van der Waals surface area contributed by atoms with Gasteiger partial charge >= 0.3 is 0 Å². The zero-order chi connectivity index (χ0) is 21.6. The molecule has 4 nitrogen and oxygen atoms in total. The van der Waals surface area contributed by atoms with Crippen molar-refractivity contribution < 1.29 is 19.3 Å². The van der Waals surface area contributed by atoms with Crippen molar-refractivity contribution >= 4 is 0 Å². The van der Waals surface area contributed by atoms with Crippen LogP contribution in [0.15, 0.2) is 0 Å². The van der Waals surface area contributed by atoms with Gasteiger partial charge in [-0.25, -0.2) is 0 Å². The van der Waals surface area contributed by atoms with E-state index >= 15 is 0 Å². The molecule has 0 aliphatic carbocycles. The van der Waals surface area contributed by atoms with Crippen molar-refractivity contribution in [3.63, 3.8) is 0 Å². The molecule has 0 saturated carbocycles. The van der Waals surface area contributed by atoms with Crippen LogP contribution in [-0.2, 0) is 14.2 Å². The summed E-state index contributed by atoms with van der Waals surface area (Å²) in [6.45, 7) is 10.2.